The Morgan fingerprint density at radius 2 is 2.23 bits per heavy atom. The van der Waals surface area contributed by atoms with Crippen LogP contribution in [0.3, 0.4) is 0 Å². The Hall–Kier alpha value is -1.88. The molecule has 2 aliphatic rings. The average molecular weight is 299 g/mol. The van der Waals surface area contributed by atoms with Gasteiger partial charge in [-0.25, -0.2) is 4.98 Å². The molecule has 3 heterocycles. The molecule has 5 heteroatoms. The Morgan fingerprint density at radius 1 is 1.36 bits per heavy atom. The van der Waals surface area contributed by atoms with Gasteiger partial charge in [0.15, 0.2) is 0 Å². The van der Waals surface area contributed by atoms with Crippen molar-refractivity contribution >= 4 is 16.9 Å². The standard InChI is InChI=1S/C17H21N3O2/c21-16(8-12-4-3-7-22-11-12)20-9-13(10-20)17-18-14-5-1-2-6-15(14)19-17/h1-2,5-6,12-13H,3-4,7-11H2,(H,18,19)/t12-/m1/s1. The van der Waals surface area contributed by atoms with Gasteiger partial charge in [-0.15, -0.1) is 0 Å². The van der Waals surface area contributed by atoms with Crippen molar-refractivity contribution in [2.45, 2.75) is 25.2 Å². The summed E-state index contributed by atoms with van der Waals surface area (Å²) < 4.78 is 5.45. The Balaban J connectivity index is 1.34. The van der Waals surface area contributed by atoms with Crippen LogP contribution in [-0.4, -0.2) is 47.1 Å². The quantitative estimate of drug-likeness (QED) is 0.946. The molecule has 0 saturated carbocycles. The first kappa shape index (κ1) is 13.8. The minimum Gasteiger partial charge on any atom is -0.381 e. The van der Waals surface area contributed by atoms with E-state index in [0.29, 0.717) is 18.3 Å². The number of ether oxygens (including phenoxy) is 1. The van der Waals surface area contributed by atoms with Crippen LogP contribution in [0.2, 0.25) is 0 Å². The van der Waals surface area contributed by atoms with Crippen molar-refractivity contribution < 1.29 is 9.53 Å². The monoisotopic (exact) mass is 299 g/mol. The fourth-order valence-electron chi connectivity index (χ4n) is 3.37. The molecule has 5 nitrogen and oxygen atoms in total. The van der Waals surface area contributed by atoms with E-state index >= 15 is 0 Å². The third kappa shape index (κ3) is 2.61. The summed E-state index contributed by atoms with van der Waals surface area (Å²) in [4.78, 5) is 22.2. The molecule has 2 saturated heterocycles. The minimum atomic E-state index is 0.267. The number of hydrogen-bond donors (Lipinski definition) is 1. The lowest BCUT2D eigenvalue weighted by molar-refractivity contribution is -0.137. The highest BCUT2D eigenvalue weighted by Crippen LogP contribution is 2.28. The number of hydrogen-bond acceptors (Lipinski definition) is 3. The van der Waals surface area contributed by atoms with Gasteiger partial charge >= 0.3 is 0 Å². The molecule has 2 aromatic rings. The zero-order chi connectivity index (χ0) is 14.9. The highest BCUT2D eigenvalue weighted by atomic mass is 16.5. The molecule has 2 aliphatic heterocycles. The van der Waals surface area contributed by atoms with Crippen LogP contribution < -0.4 is 0 Å². The fraction of sp³-hybridized carbons (Fsp3) is 0.529. The first-order valence-electron chi connectivity index (χ1n) is 8.10. The number of imidazole rings is 1. The molecule has 2 fully saturated rings. The van der Waals surface area contributed by atoms with E-state index < -0.39 is 0 Å². The molecule has 22 heavy (non-hydrogen) atoms. The number of aromatic amines is 1. The normalized spacial score (nSPS) is 22.7. The molecule has 1 aromatic carbocycles. The lowest BCUT2D eigenvalue weighted by Crippen LogP contribution is -2.49. The maximum absolute atomic E-state index is 12.3. The van der Waals surface area contributed by atoms with Gasteiger partial charge in [-0.2, -0.15) is 0 Å². The van der Waals surface area contributed by atoms with Crippen molar-refractivity contribution in [3.63, 3.8) is 0 Å². The molecule has 1 amide bonds. The third-order valence-electron chi connectivity index (χ3n) is 4.75. The lowest BCUT2D eigenvalue weighted by atomic mass is 9.94. The van der Waals surface area contributed by atoms with E-state index in [0.717, 1.165) is 56.0 Å². The van der Waals surface area contributed by atoms with E-state index in [-0.39, 0.29) is 5.91 Å². The maximum atomic E-state index is 12.3. The van der Waals surface area contributed by atoms with Gasteiger partial charge in [0, 0.05) is 32.7 Å². The molecule has 0 bridgehead atoms. The predicted molar refractivity (Wildman–Crippen MR) is 83.6 cm³/mol. The number of nitrogens with one attached hydrogen (secondary N) is 1. The Kier molecular flexibility index (Phi) is 3.58. The van der Waals surface area contributed by atoms with Gasteiger partial charge in [-0.1, -0.05) is 12.1 Å². The number of carbonyl (C=O) groups excluding carboxylic acids is 1. The molecule has 0 spiro atoms. The summed E-state index contributed by atoms with van der Waals surface area (Å²) in [7, 11) is 0. The second-order valence-corrected chi connectivity index (χ2v) is 6.42. The van der Waals surface area contributed by atoms with E-state index in [1.165, 1.54) is 0 Å². The first-order chi connectivity index (χ1) is 10.8. The van der Waals surface area contributed by atoms with E-state index in [2.05, 4.69) is 9.97 Å². The number of carbonyl (C=O) groups is 1. The number of para-hydroxylation sites is 2. The Morgan fingerprint density at radius 3 is 3.00 bits per heavy atom. The average Bonchev–Trinajstić information content (AvgIpc) is 2.90. The number of fused-ring (bicyclic) bond motifs is 1. The van der Waals surface area contributed by atoms with Crippen molar-refractivity contribution in [2.24, 2.45) is 5.92 Å². The highest BCUT2D eigenvalue weighted by Gasteiger charge is 2.34. The second kappa shape index (κ2) is 5.72. The van der Waals surface area contributed by atoms with E-state index in [1.54, 1.807) is 0 Å². The van der Waals surface area contributed by atoms with Crippen molar-refractivity contribution in [1.29, 1.82) is 0 Å². The number of likely N-dealkylation sites (tertiary alicyclic amines) is 1. The predicted octanol–water partition coefficient (Wildman–Crippen LogP) is 2.31. The van der Waals surface area contributed by atoms with Gasteiger partial charge in [-0.05, 0) is 30.9 Å². The number of rotatable bonds is 3. The molecule has 0 aliphatic carbocycles. The molecule has 1 N–H and O–H groups in total. The molecule has 1 atom stereocenters. The second-order valence-electron chi connectivity index (χ2n) is 6.42. The van der Waals surface area contributed by atoms with Gasteiger partial charge < -0.3 is 14.6 Å². The smallest absolute Gasteiger partial charge is 0.222 e. The van der Waals surface area contributed by atoms with Crippen LogP contribution >= 0.6 is 0 Å². The zero-order valence-electron chi connectivity index (χ0n) is 12.6. The van der Waals surface area contributed by atoms with Crippen molar-refractivity contribution in [1.82, 2.24) is 14.9 Å². The summed E-state index contributed by atoms with van der Waals surface area (Å²) in [5, 5.41) is 0. The van der Waals surface area contributed by atoms with Crippen molar-refractivity contribution in [2.75, 3.05) is 26.3 Å². The molecule has 0 unspecified atom stereocenters. The van der Waals surface area contributed by atoms with Crippen LogP contribution in [0.15, 0.2) is 24.3 Å². The van der Waals surface area contributed by atoms with E-state index in [4.69, 9.17) is 4.74 Å². The van der Waals surface area contributed by atoms with Gasteiger partial charge in [0.2, 0.25) is 5.91 Å². The number of H-pyrrole nitrogens is 1. The summed E-state index contributed by atoms with van der Waals surface area (Å²) in [6, 6.07) is 8.05. The lowest BCUT2D eigenvalue weighted by Gasteiger charge is -2.39. The first-order valence-corrected chi connectivity index (χ1v) is 8.10. The zero-order valence-corrected chi connectivity index (χ0v) is 12.6. The summed E-state index contributed by atoms with van der Waals surface area (Å²) in [5.74, 6) is 2.03. The van der Waals surface area contributed by atoms with Crippen LogP contribution in [-0.2, 0) is 9.53 Å². The number of amides is 1. The number of benzene rings is 1. The van der Waals surface area contributed by atoms with Crippen LogP contribution in [0.4, 0.5) is 0 Å². The van der Waals surface area contributed by atoms with Gasteiger partial charge in [-0.3, -0.25) is 4.79 Å². The summed E-state index contributed by atoms with van der Waals surface area (Å²) in [6.45, 7) is 3.16. The van der Waals surface area contributed by atoms with Crippen molar-refractivity contribution in [3.8, 4) is 0 Å². The maximum Gasteiger partial charge on any atom is 0.222 e. The Labute approximate surface area is 129 Å². The van der Waals surface area contributed by atoms with Crippen LogP contribution in [0.5, 0.6) is 0 Å². The number of aromatic nitrogens is 2. The largest absolute Gasteiger partial charge is 0.381 e. The summed E-state index contributed by atoms with van der Waals surface area (Å²) >= 11 is 0. The van der Waals surface area contributed by atoms with Crippen molar-refractivity contribution in [3.05, 3.63) is 30.1 Å². The number of nitrogens with zero attached hydrogens (tertiary/aromatic N) is 2. The molecule has 1 aromatic heterocycles. The van der Waals surface area contributed by atoms with Gasteiger partial charge in [0.1, 0.15) is 5.82 Å². The highest BCUT2D eigenvalue weighted by molar-refractivity contribution is 5.78. The molecular weight excluding hydrogens is 278 g/mol. The minimum absolute atomic E-state index is 0.267. The SMILES string of the molecule is O=C(C[C@H]1CCCOC1)N1CC(c2nc3ccccc3[nH]2)C1. The van der Waals surface area contributed by atoms with Crippen LogP contribution in [0, 0.1) is 5.92 Å². The van der Waals surface area contributed by atoms with E-state index in [9.17, 15) is 4.79 Å². The molecular formula is C17H21N3O2. The third-order valence-corrected chi connectivity index (χ3v) is 4.75. The Bertz CT molecular complexity index is 636. The van der Waals surface area contributed by atoms with E-state index in [1.807, 2.05) is 29.2 Å². The fourth-order valence-corrected chi connectivity index (χ4v) is 3.37. The van der Waals surface area contributed by atoms with Crippen LogP contribution in [0.1, 0.15) is 31.0 Å². The summed E-state index contributed by atoms with van der Waals surface area (Å²) in [6.07, 6.45) is 2.83. The molecule has 4 rings (SSSR count). The van der Waals surface area contributed by atoms with Gasteiger partial charge in [0.05, 0.1) is 17.0 Å². The molecule has 116 valence electrons. The topological polar surface area (TPSA) is 58.2 Å². The van der Waals surface area contributed by atoms with Gasteiger partial charge in [0.25, 0.3) is 0 Å². The summed E-state index contributed by atoms with van der Waals surface area (Å²) in [5.41, 5.74) is 2.07. The molecule has 0 radical (unpaired) electrons. The van der Waals surface area contributed by atoms with Crippen LogP contribution in [0.25, 0.3) is 11.0 Å².